The van der Waals surface area contributed by atoms with E-state index >= 15 is 0 Å². The minimum absolute atomic E-state index is 0.000917. The van der Waals surface area contributed by atoms with Crippen molar-refractivity contribution in [1.82, 2.24) is 5.32 Å². The SMILES string of the molecule is Cc1ccc(C)c([C@H](C)NC(=O)c2ccc(C)c(C)c2)c1. The molecule has 2 aromatic carbocycles. The Bertz CT molecular complexity index is 673. The van der Waals surface area contributed by atoms with Crippen LogP contribution in [0.2, 0.25) is 0 Å². The molecule has 0 radical (unpaired) electrons. The molecule has 0 aromatic heterocycles. The van der Waals surface area contributed by atoms with Gasteiger partial charge in [0, 0.05) is 5.56 Å². The fraction of sp³-hybridized carbons (Fsp3) is 0.316. The third kappa shape index (κ3) is 3.52. The minimum Gasteiger partial charge on any atom is -0.346 e. The summed E-state index contributed by atoms with van der Waals surface area (Å²) < 4.78 is 0. The van der Waals surface area contributed by atoms with Gasteiger partial charge in [0.1, 0.15) is 0 Å². The molecule has 1 N–H and O–H groups in total. The summed E-state index contributed by atoms with van der Waals surface area (Å²) in [5.41, 5.74) is 6.65. The maximum atomic E-state index is 12.4. The lowest BCUT2D eigenvalue weighted by atomic mass is 9.99. The number of hydrogen-bond acceptors (Lipinski definition) is 1. The van der Waals surface area contributed by atoms with E-state index in [2.05, 4.69) is 44.3 Å². The predicted molar refractivity (Wildman–Crippen MR) is 87.7 cm³/mol. The van der Waals surface area contributed by atoms with E-state index < -0.39 is 0 Å². The first-order chi connectivity index (χ1) is 9.88. The second kappa shape index (κ2) is 6.13. The van der Waals surface area contributed by atoms with Crippen molar-refractivity contribution in [2.24, 2.45) is 0 Å². The van der Waals surface area contributed by atoms with Gasteiger partial charge in [-0.05, 0) is 69.0 Å². The highest BCUT2D eigenvalue weighted by molar-refractivity contribution is 5.94. The standard InChI is InChI=1S/C19H23NO/c1-12-6-7-14(3)18(10-12)16(5)20-19(21)17-9-8-13(2)15(4)11-17/h6-11,16H,1-5H3,(H,20,21)/t16-/m0/s1. The van der Waals surface area contributed by atoms with Crippen LogP contribution in [0.3, 0.4) is 0 Å². The van der Waals surface area contributed by atoms with E-state index in [1.54, 1.807) is 0 Å². The summed E-state index contributed by atoms with van der Waals surface area (Å²) in [6, 6.07) is 12.2. The van der Waals surface area contributed by atoms with Crippen LogP contribution < -0.4 is 5.32 Å². The predicted octanol–water partition coefficient (Wildman–Crippen LogP) is 4.41. The molecule has 0 heterocycles. The Kier molecular flexibility index (Phi) is 4.46. The van der Waals surface area contributed by atoms with E-state index in [4.69, 9.17) is 0 Å². The van der Waals surface area contributed by atoms with Crippen molar-refractivity contribution >= 4 is 5.91 Å². The first-order valence-corrected chi connectivity index (χ1v) is 7.33. The maximum absolute atomic E-state index is 12.4. The van der Waals surface area contributed by atoms with Gasteiger partial charge in [-0.2, -0.15) is 0 Å². The zero-order chi connectivity index (χ0) is 15.6. The summed E-state index contributed by atoms with van der Waals surface area (Å²) in [4.78, 5) is 12.4. The second-order valence-corrected chi connectivity index (χ2v) is 5.85. The summed E-state index contributed by atoms with van der Waals surface area (Å²) >= 11 is 0. The van der Waals surface area contributed by atoms with Crippen molar-refractivity contribution in [2.75, 3.05) is 0 Å². The molecule has 0 unspecified atom stereocenters. The van der Waals surface area contributed by atoms with E-state index in [-0.39, 0.29) is 11.9 Å². The van der Waals surface area contributed by atoms with Crippen molar-refractivity contribution in [3.63, 3.8) is 0 Å². The number of amides is 1. The molecule has 0 bridgehead atoms. The van der Waals surface area contributed by atoms with Crippen LogP contribution in [0.1, 0.15) is 51.1 Å². The Hall–Kier alpha value is -2.09. The molecule has 0 aliphatic heterocycles. The summed E-state index contributed by atoms with van der Waals surface area (Å²) in [6.07, 6.45) is 0. The molecular formula is C19H23NO. The largest absolute Gasteiger partial charge is 0.346 e. The molecule has 0 fully saturated rings. The van der Waals surface area contributed by atoms with Gasteiger partial charge in [-0.3, -0.25) is 4.79 Å². The smallest absolute Gasteiger partial charge is 0.251 e. The topological polar surface area (TPSA) is 29.1 Å². The van der Waals surface area contributed by atoms with Gasteiger partial charge in [0.05, 0.1) is 6.04 Å². The average Bonchev–Trinajstić information content (AvgIpc) is 2.44. The number of rotatable bonds is 3. The van der Waals surface area contributed by atoms with Crippen LogP contribution in [0.5, 0.6) is 0 Å². The molecule has 2 heteroatoms. The van der Waals surface area contributed by atoms with Crippen molar-refractivity contribution < 1.29 is 4.79 Å². The van der Waals surface area contributed by atoms with Gasteiger partial charge >= 0.3 is 0 Å². The normalized spacial score (nSPS) is 12.0. The Morgan fingerprint density at radius 3 is 2.24 bits per heavy atom. The Labute approximate surface area is 127 Å². The number of carbonyl (C=O) groups excluding carboxylic acids is 1. The molecule has 1 atom stereocenters. The van der Waals surface area contributed by atoms with E-state index in [1.807, 2.05) is 32.0 Å². The molecule has 110 valence electrons. The molecule has 0 saturated carbocycles. The molecule has 2 aromatic rings. The van der Waals surface area contributed by atoms with Crippen molar-refractivity contribution in [1.29, 1.82) is 0 Å². The van der Waals surface area contributed by atoms with Crippen LogP contribution in [0.4, 0.5) is 0 Å². The number of aryl methyl sites for hydroxylation is 4. The third-order valence-electron chi connectivity index (χ3n) is 4.02. The van der Waals surface area contributed by atoms with Crippen molar-refractivity contribution in [3.8, 4) is 0 Å². The van der Waals surface area contributed by atoms with Gasteiger partial charge in [-0.25, -0.2) is 0 Å². The fourth-order valence-corrected chi connectivity index (χ4v) is 2.47. The molecule has 0 spiro atoms. The molecule has 2 nitrogen and oxygen atoms in total. The van der Waals surface area contributed by atoms with Gasteiger partial charge in [0.25, 0.3) is 5.91 Å². The van der Waals surface area contributed by atoms with Crippen LogP contribution in [0, 0.1) is 27.7 Å². The van der Waals surface area contributed by atoms with Crippen LogP contribution in [0.15, 0.2) is 36.4 Å². The van der Waals surface area contributed by atoms with Crippen LogP contribution in [0.25, 0.3) is 0 Å². The van der Waals surface area contributed by atoms with Crippen LogP contribution >= 0.6 is 0 Å². The maximum Gasteiger partial charge on any atom is 0.251 e. The molecule has 21 heavy (non-hydrogen) atoms. The summed E-state index contributed by atoms with van der Waals surface area (Å²) in [7, 11) is 0. The summed E-state index contributed by atoms with van der Waals surface area (Å²) in [5.74, 6) is -0.0218. The third-order valence-corrected chi connectivity index (χ3v) is 4.02. The summed E-state index contributed by atoms with van der Waals surface area (Å²) in [6.45, 7) is 10.3. The van der Waals surface area contributed by atoms with E-state index in [0.29, 0.717) is 0 Å². The molecule has 1 amide bonds. The molecule has 0 aliphatic carbocycles. The van der Waals surface area contributed by atoms with Crippen molar-refractivity contribution in [2.45, 2.75) is 40.7 Å². The lowest BCUT2D eigenvalue weighted by molar-refractivity contribution is 0.0939. The van der Waals surface area contributed by atoms with Crippen LogP contribution in [-0.4, -0.2) is 5.91 Å². The highest BCUT2D eigenvalue weighted by Gasteiger charge is 2.13. The Balaban J connectivity index is 2.18. The average molecular weight is 281 g/mol. The first kappa shape index (κ1) is 15.3. The molecule has 0 saturated heterocycles. The van der Waals surface area contributed by atoms with Gasteiger partial charge in [-0.15, -0.1) is 0 Å². The fourth-order valence-electron chi connectivity index (χ4n) is 2.47. The van der Waals surface area contributed by atoms with Crippen molar-refractivity contribution in [3.05, 3.63) is 69.8 Å². The Morgan fingerprint density at radius 1 is 0.905 bits per heavy atom. The van der Waals surface area contributed by atoms with E-state index in [9.17, 15) is 4.79 Å². The monoisotopic (exact) mass is 281 g/mol. The zero-order valence-corrected chi connectivity index (χ0v) is 13.4. The number of nitrogens with one attached hydrogen (secondary N) is 1. The van der Waals surface area contributed by atoms with Gasteiger partial charge in [0.2, 0.25) is 0 Å². The molecule has 2 rings (SSSR count). The minimum atomic E-state index is -0.0218. The zero-order valence-electron chi connectivity index (χ0n) is 13.4. The lowest BCUT2D eigenvalue weighted by Gasteiger charge is -2.17. The quantitative estimate of drug-likeness (QED) is 0.887. The number of hydrogen-bond donors (Lipinski definition) is 1. The number of carbonyl (C=O) groups is 1. The molecular weight excluding hydrogens is 258 g/mol. The lowest BCUT2D eigenvalue weighted by Crippen LogP contribution is -2.27. The van der Waals surface area contributed by atoms with Crippen LogP contribution in [-0.2, 0) is 0 Å². The van der Waals surface area contributed by atoms with E-state index in [0.717, 1.165) is 11.1 Å². The number of benzene rings is 2. The Morgan fingerprint density at radius 2 is 1.57 bits per heavy atom. The summed E-state index contributed by atoms with van der Waals surface area (Å²) in [5, 5.41) is 3.09. The van der Waals surface area contributed by atoms with Gasteiger partial charge < -0.3 is 5.32 Å². The highest BCUT2D eigenvalue weighted by atomic mass is 16.1. The first-order valence-electron chi connectivity index (χ1n) is 7.33. The molecule has 0 aliphatic rings. The van der Waals surface area contributed by atoms with E-state index in [1.165, 1.54) is 22.3 Å². The van der Waals surface area contributed by atoms with Gasteiger partial charge in [0.15, 0.2) is 0 Å². The van der Waals surface area contributed by atoms with Gasteiger partial charge in [-0.1, -0.05) is 29.8 Å². The second-order valence-electron chi connectivity index (χ2n) is 5.85. The highest BCUT2D eigenvalue weighted by Crippen LogP contribution is 2.19.